The van der Waals surface area contributed by atoms with E-state index in [4.69, 9.17) is 4.74 Å². The lowest BCUT2D eigenvalue weighted by atomic mass is 10.1. The molecule has 0 radical (unpaired) electrons. The van der Waals surface area contributed by atoms with Crippen molar-refractivity contribution < 1.29 is 91.6 Å². The maximum absolute atomic E-state index is 13.5. The number of carbonyl (C=O) groups is 7. The van der Waals surface area contributed by atoms with Crippen LogP contribution in [0.2, 0.25) is 0 Å². The van der Waals surface area contributed by atoms with E-state index in [2.05, 4.69) is 21.3 Å². The summed E-state index contributed by atoms with van der Waals surface area (Å²) in [6, 6.07) is -10.4. The molecule has 0 aromatic rings. The summed E-state index contributed by atoms with van der Waals surface area (Å²) in [7, 11) is -17.7. The predicted molar refractivity (Wildman–Crippen MR) is 209 cm³/mol. The van der Waals surface area contributed by atoms with Crippen LogP contribution in [0.4, 0.5) is 4.79 Å². The van der Waals surface area contributed by atoms with Crippen LogP contribution >= 0.6 is 21.7 Å². The standard InChI is InChI=1S/C27H54N8O20S4/c1-6-29-21(37)16(11-56(43,44)45)32-24(40)18(13-58(49,50)51)31-20(36)8-7-15(35-26(42)55-27(2,3)4)23(39)34-19(14-59(52,53)54)25(41)33-17(12-57(46,47)48)22(38)30-10-9-28-5/h15-19,28,43-48H,6-14H2,1-5H3,(H,29,37)(H,30,38)(H,31,36)(H,32,40)(H,33,41)(H,34,39)(H,35,42)(H,49,50,51)(H,52,53,54)/t15-,16-,17-,18-,19-/m0/s1. The number of nitrogens with one attached hydrogen (secondary N) is 8. The Hall–Kier alpha value is -3.67. The number of ether oxygens (including phenoxy) is 1. The third-order valence-electron chi connectivity index (χ3n) is 6.78. The first-order valence-electron chi connectivity index (χ1n) is 16.9. The summed E-state index contributed by atoms with van der Waals surface area (Å²) in [5.74, 6) is -13.5. The van der Waals surface area contributed by atoms with Gasteiger partial charge in [-0.2, -0.15) is 16.8 Å². The molecule has 0 aliphatic rings. The molecule has 0 unspecified atom stereocenters. The van der Waals surface area contributed by atoms with Gasteiger partial charge in [-0.1, -0.05) is 0 Å². The van der Waals surface area contributed by atoms with Crippen LogP contribution in [0.15, 0.2) is 0 Å². The van der Waals surface area contributed by atoms with E-state index in [-0.39, 0.29) is 19.6 Å². The van der Waals surface area contributed by atoms with Crippen molar-refractivity contribution in [1.82, 2.24) is 42.5 Å². The van der Waals surface area contributed by atoms with Crippen molar-refractivity contribution >= 4 is 83.5 Å². The number of hydrogen-bond acceptors (Lipinski definition) is 19. The number of hydrogen-bond donors (Lipinski definition) is 16. The van der Waals surface area contributed by atoms with Crippen molar-refractivity contribution in [3.63, 3.8) is 0 Å². The number of carbonyl (C=O) groups excluding carboxylic acids is 7. The lowest BCUT2D eigenvalue weighted by Crippen LogP contribution is -2.59. The Morgan fingerprint density at radius 1 is 0.542 bits per heavy atom. The second kappa shape index (κ2) is 23.9. The van der Waals surface area contributed by atoms with Crippen LogP contribution in [0.5, 0.6) is 0 Å². The smallest absolute Gasteiger partial charge is 0.408 e. The molecule has 32 heteroatoms. The molecular formula is C27H54N8O20S4. The molecule has 0 rings (SSSR count). The molecular weight excluding hydrogens is 885 g/mol. The minimum atomic E-state index is -5.16. The monoisotopic (exact) mass is 938 g/mol. The number of amides is 7. The van der Waals surface area contributed by atoms with Gasteiger partial charge in [0.1, 0.15) is 47.3 Å². The molecule has 0 aliphatic heterocycles. The van der Waals surface area contributed by atoms with Crippen LogP contribution in [-0.4, -0.2) is 180 Å². The predicted octanol–water partition coefficient (Wildman–Crippen LogP) is -3.71. The molecule has 7 amide bonds. The van der Waals surface area contributed by atoms with Gasteiger partial charge in [-0.3, -0.25) is 37.9 Å². The highest BCUT2D eigenvalue weighted by molar-refractivity contribution is 8.19. The van der Waals surface area contributed by atoms with Gasteiger partial charge in [-0.25, -0.2) is 4.79 Å². The normalized spacial score (nSPS) is 15.5. The Morgan fingerprint density at radius 2 is 0.932 bits per heavy atom. The zero-order valence-electron chi connectivity index (χ0n) is 32.4. The fraction of sp³-hybridized carbons (Fsp3) is 0.741. The zero-order valence-corrected chi connectivity index (χ0v) is 35.6. The van der Waals surface area contributed by atoms with Crippen LogP contribution in [0.25, 0.3) is 0 Å². The zero-order chi connectivity index (χ0) is 46.2. The first kappa shape index (κ1) is 55.3. The van der Waals surface area contributed by atoms with Crippen LogP contribution in [0, 0.1) is 0 Å². The molecule has 0 saturated heterocycles. The Labute approximate surface area is 342 Å². The molecule has 0 bridgehead atoms. The van der Waals surface area contributed by atoms with E-state index < -0.39 is 155 Å². The summed E-state index contributed by atoms with van der Waals surface area (Å²) in [5, 5.41) is 16.8. The van der Waals surface area contributed by atoms with Crippen LogP contribution in [0.3, 0.4) is 0 Å². The number of likely N-dealkylation sites (N-methyl/N-ethyl adjacent to an activating group) is 2. The molecule has 59 heavy (non-hydrogen) atoms. The second-order valence-electron chi connectivity index (χ2n) is 13.4. The Kier molecular flexibility index (Phi) is 22.5. The molecule has 28 nitrogen and oxygen atoms in total. The Morgan fingerprint density at radius 3 is 1.31 bits per heavy atom. The minimum Gasteiger partial charge on any atom is -0.444 e. The van der Waals surface area contributed by atoms with Crippen molar-refractivity contribution in [1.29, 1.82) is 0 Å². The summed E-state index contributed by atoms with van der Waals surface area (Å²) in [6.07, 6.45) is -3.08. The largest absolute Gasteiger partial charge is 0.444 e. The summed E-state index contributed by atoms with van der Waals surface area (Å²) in [4.78, 5) is 90.5. The number of rotatable bonds is 25. The van der Waals surface area contributed by atoms with Gasteiger partial charge in [0, 0.05) is 26.1 Å². The van der Waals surface area contributed by atoms with Crippen molar-refractivity contribution in [3.8, 4) is 0 Å². The van der Waals surface area contributed by atoms with Crippen LogP contribution in [-0.2, 0) is 53.7 Å². The SMILES string of the molecule is CCNC(=O)[C@H](CS(O)(O)O)NC(=O)[C@H](CS(=O)(=O)O)NC(=O)CC[C@H](NC(=O)OC(C)(C)C)C(=O)N[C@@H](CS(=O)(=O)O)C(=O)N[C@@H](CS(O)(O)O)C(=O)NCCNC. The molecule has 5 atom stereocenters. The highest BCUT2D eigenvalue weighted by Crippen LogP contribution is 2.33. The topological polar surface area (TPSA) is 455 Å². The molecule has 0 aromatic heterocycles. The van der Waals surface area contributed by atoms with E-state index in [1.807, 2.05) is 21.3 Å². The van der Waals surface area contributed by atoms with Crippen molar-refractivity contribution in [3.05, 3.63) is 0 Å². The van der Waals surface area contributed by atoms with Crippen molar-refractivity contribution in [2.24, 2.45) is 0 Å². The minimum absolute atomic E-state index is 0.0538. The van der Waals surface area contributed by atoms with Gasteiger partial charge >= 0.3 is 6.09 Å². The van der Waals surface area contributed by atoms with E-state index in [0.717, 1.165) is 0 Å². The second-order valence-corrected chi connectivity index (χ2v) is 19.6. The van der Waals surface area contributed by atoms with Gasteiger partial charge in [0.2, 0.25) is 35.4 Å². The van der Waals surface area contributed by atoms with Gasteiger partial charge in [0.25, 0.3) is 20.2 Å². The van der Waals surface area contributed by atoms with Crippen molar-refractivity contribution in [2.45, 2.75) is 76.3 Å². The molecule has 0 aromatic carbocycles. The van der Waals surface area contributed by atoms with Gasteiger partial charge in [0.05, 0.1) is 33.2 Å². The summed E-state index contributed by atoms with van der Waals surface area (Å²) >= 11 is 0. The molecule has 0 saturated carbocycles. The first-order valence-corrected chi connectivity index (χ1v) is 23.5. The first-order chi connectivity index (χ1) is 26.6. The van der Waals surface area contributed by atoms with E-state index in [9.17, 15) is 86.8 Å². The summed E-state index contributed by atoms with van der Waals surface area (Å²) in [6.45, 7) is 5.71. The van der Waals surface area contributed by atoms with E-state index in [0.29, 0.717) is 0 Å². The molecule has 16 N–H and O–H groups in total. The Bertz CT molecular complexity index is 1700. The third kappa shape index (κ3) is 26.9. The van der Waals surface area contributed by atoms with E-state index in [1.54, 1.807) is 0 Å². The summed E-state index contributed by atoms with van der Waals surface area (Å²) in [5.41, 5.74) is -1.20. The van der Waals surface area contributed by atoms with Crippen LogP contribution in [0.1, 0.15) is 40.5 Å². The molecule has 0 fully saturated rings. The van der Waals surface area contributed by atoms with E-state index >= 15 is 0 Å². The third-order valence-corrected chi connectivity index (χ3v) is 9.85. The fourth-order valence-corrected chi connectivity index (χ4v) is 7.08. The van der Waals surface area contributed by atoms with E-state index in [1.165, 1.54) is 34.7 Å². The molecule has 346 valence electrons. The van der Waals surface area contributed by atoms with Gasteiger partial charge in [-0.15, -0.1) is 0 Å². The fourth-order valence-electron chi connectivity index (χ4n) is 4.41. The summed E-state index contributed by atoms with van der Waals surface area (Å²) < 4.78 is 128. The lowest BCUT2D eigenvalue weighted by Gasteiger charge is -2.28. The maximum atomic E-state index is 13.5. The maximum Gasteiger partial charge on any atom is 0.408 e. The average Bonchev–Trinajstić information content (AvgIpc) is 3.02. The van der Waals surface area contributed by atoms with Crippen LogP contribution < -0.4 is 42.5 Å². The molecule has 0 spiro atoms. The van der Waals surface area contributed by atoms with Crippen molar-refractivity contribution in [2.75, 3.05) is 49.7 Å². The van der Waals surface area contributed by atoms with Gasteiger partial charge < -0.3 is 74.6 Å². The molecule has 0 aliphatic carbocycles. The highest BCUT2D eigenvalue weighted by atomic mass is 32.3. The number of alkyl carbamates (subject to hydrolysis) is 1. The van der Waals surface area contributed by atoms with Gasteiger partial charge in [0.15, 0.2) is 0 Å². The molecule has 0 heterocycles. The lowest BCUT2D eigenvalue weighted by molar-refractivity contribution is -0.132. The Balaban J connectivity index is 6.55. The van der Waals surface area contributed by atoms with Gasteiger partial charge in [-0.05, 0) is 41.2 Å². The average molecular weight is 939 g/mol. The quantitative estimate of drug-likeness (QED) is 0.0309. The highest BCUT2D eigenvalue weighted by Gasteiger charge is 2.36.